The first kappa shape index (κ1) is 19.7. The van der Waals surface area contributed by atoms with Crippen molar-refractivity contribution in [3.63, 3.8) is 0 Å². The zero-order valence-corrected chi connectivity index (χ0v) is 16.4. The minimum atomic E-state index is -0.455. The Morgan fingerprint density at radius 1 is 1.14 bits per heavy atom. The Morgan fingerprint density at radius 2 is 1.96 bits per heavy atom. The van der Waals surface area contributed by atoms with Gasteiger partial charge in [0, 0.05) is 30.6 Å². The number of halogens is 1. The van der Waals surface area contributed by atoms with E-state index in [4.69, 9.17) is 4.74 Å². The van der Waals surface area contributed by atoms with Gasteiger partial charge in [-0.2, -0.15) is 9.97 Å². The number of nitrogens with zero attached hydrogens (tertiary/aromatic N) is 3. The van der Waals surface area contributed by atoms with Gasteiger partial charge in [-0.3, -0.25) is 4.79 Å². The van der Waals surface area contributed by atoms with Crippen LogP contribution in [0.3, 0.4) is 0 Å². The number of aromatic nitrogens is 3. The monoisotopic (exact) mass is 381 g/mol. The fourth-order valence-electron chi connectivity index (χ4n) is 2.93. The minimum absolute atomic E-state index is 0.0977. The summed E-state index contributed by atoms with van der Waals surface area (Å²) in [7, 11) is 1.69. The number of ether oxygens (including phenoxy) is 1. The number of rotatable bonds is 7. The first-order chi connectivity index (χ1) is 13.5. The summed E-state index contributed by atoms with van der Waals surface area (Å²) in [6, 6.07) is 9.98. The van der Waals surface area contributed by atoms with Crippen molar-refractivity contribution in [3.05, 3.63) is 70.0 Å². The standard InChI is InChI=1S/C22H24FN3O2/c1-4-5-6-9-17-13-19(16-11-12-20(27)26(3)14-16)25-22(24-17)28-21-15(2)8-7-10-18(21)23/h7-8,10-14H,4-6,9H2,1-3H3. The van der Waals surface area contributed by atoms with Gasteiger partial charge < -0.3 is 9.30 Å². The molecule has 0 fully saturated rings. The maximum atomic E-state index is 14.2. The van der Waals surface area contributed by atoms with Gasteiger partial charge in [0.15, 0.2) is 11.6 Å². The highest BCUT2D eigenvalue weighted by molar-refractivity contribution is 5.58. The first-order valence-corrected chi connectivity index (χ1v) is 9.46. The second kappa shape index (κ2) is 8.78. The van der Waals surface area contributed by atoms with Crippen LogP contribution < -0.4 is 10.3 Å². The zero-order chi connectivity index (χ0) is 20.1. The Hall–Kier alpha value is -3.02. The fraction of sp³-hybridized carbons (Fsp3) is 0.318. The maximum absolute atomic E-state index is 14.2. The summed E-state index contributed by atoms with van der Waals surface area (Å²) in [4.78, 5) is 20.6. The van der Waals surface area contributed by atoms with Gasteiger partial charge in [-0.05, 0) is 43.5 Å². The molecule has 28 heavy (non-hydrogen) atoms. The van der Waals surface area contributed by atoms with E-state index in [1.54, 1.807) is 38.4 Å². The van der Waals surface area contributed by atoms with E-state index in [0.717, 1.165) is 36.9 Å². The fourth-order valence-corrected chi connectivity index (χ4v) is 2.93. The third kappa shape index (κ3) is 4.63. The van der Waals surface area contributed by atoms with Gasteiger partial charge in [0.25, 0.3) is 0 Å². The van der Waals surface area contributed by atoms with Crippen molar-refractivity contribution < 1.29 is 9.13 Å². The number of hydrogen-bond acceptors (Lipinski definition) is 4. The molecule has 3 rings (SSSR count). The summed E-state index contributed by atoms with van der Waals surface area (Å²) in [5, 5.41) is 0. The number of aryl methyl sites for hydroxylation is 3. The van der Waals surface area contributed by atoms with Crippen LogP contribution in [0.15, 0.2) is 47.4 Å². The molecule has 0 bridgehead atoms. The molecule has 6 heteroatoms. The average Bonchev–Trinajstić information content (AvgIpc) is 2.67. The lowest BCUT2D eigenvalue weighted by Crippen LogP contribution is -2.14. The molecule has 146 valence electrons. The van der Waals surface area contributed by atoms with E-state index in [2.05, 4.69) is 16.9 Å². The van der Waals surface area contributed by atoms with E-state index in [9.17, 15) is 9.18 Å². The first-order valence-electron chi connectivity index (χ1n) is 9.46. The lowest BCUT2D eigenvalue weighted by atomic mass is 10.1. The molecule has 0 amide bonds. The van der Waals surface area contributed by atoms with Crippen LogP contribution in [-0.4, -0.2) is 14.5 Å². The Kier molecular flexibility index (Phi) is 6.19. The normalized spacial score (nSPS) is 10.9. The highest BCUT2D eigenvalue weighted by Gasteiger charge is 2.13. The van der Waals surface area contributed by atoms with Gasteiger partial charge in [0.05, 0.1) is 5.69 Å². The van der Waals surface area contributed by atoms with Crippen LogP contribution in [0, 0.1) is 12.7 Å². The Morgan fingerprint density at radius 3 is 2.68 bits per heavy atom. The quantitative estimate of drug-likeness (QED) is 0.551. The highest BCUT2D eigenvalue weighted by Crippen LogP contribution is 2.28. The van der Waals surface area contributed by atoms with E-state index >= 15 is 0 Å². The van der Waals surface area contributed by atoms with Crippen LogP contribution in [0.2, 0.25) is 0 Å². The topological polar surface area (TPSA) is 57.0 Å². The van der Waals surface area contributed by atoms with Gasteiger partial charge in [0.1, 0.15) is 0 Å². The third-order valence-electron chi connectivity index (χ3n) is 4.53. The Balaban J connectivity index is 2.01. The predicted octanol–water partition coefficient (Wildman–Crippen LogP) is 4.81. The van der Waals surface area contributed by atoms with Crippen molar-refractivity contribution in [2.75, 3.05) is 0 Å². The van der Waals surface area contributed by atoms with Crippen LogP contribution in [-0.2, 0) is 13.5 Å². The molecule has 0 N–H and O–H groups in total. The molecule has 1 aromatic carbocycles. The van der Waals surface area contributed by atoms with Crippen LogP contribution in [0.5, 0.6) is 11.8 Å². The van der Waals surface area contributed by atoms with E-state index < -0.39 is 5.82 Å². The Labute approximate surface area is 163 Å². The summed E-state index contributed by atoms with van der Waals surface area (Å²) in [5.74, 6) is -0.330. The molecule has 0 unspecified atom stereocenters. The highest BCUT2D eigenvalue weighted by atomic mass is 19.1. The van der Waals surface area contributed by atoms with Gasteiger partial charge in [-0.15, -0.1) is 0 Å². The van der Waals surface area contributed by atoms with Crippen LogP contribution in [0.4, 0.5) is 4.39 Å². The lowest BCUT2D eigenvalue weighted by Gasteiger charge is -2.11. The van der Waals surface area contributed by atoms with Crippen molar-refractivity contribution in [2.24, 2.45) is 7.05 Å². The number of unbranched alkanes of at least 4 members (excludes halogenated alkanes) is 2. The summed E-state index contributed by atoms with van der Waals surface area (Å²) in [5.41, 5.74) is 2.82. The van der Waals surface area contributed by atoms with Gasteiger partial charge in [-0.1, -0.05) is 31.9 Å². The second-order valence-corrected chi connectivity index (χ2v) is 6.84. The zero-order valence-electron chi connectivity index (χ0n) is 16.4. The molecule has 0 spiro atoms. The summed E-state index contributed by atoms with van der Waals surface area (Å²) in [6.07, 6.45) is 5.71. The largest absolute Gasteiger partial charge is 0.421 e. The molecule has 0 aliphatic heterocycles. The van der Waals surface area contributed by atoms with Gasteiger partial charge in [0.2, 0.25) is 5.56 Å². The summed E-state index contributed by atoms with van der Waals surface area (Å²) >= 11 is 0. The average molecular weight is 381 g/mol. The lowest BCUT2D eigenvalue weighted by molar-refractivity contribution is 0.406. The van der Waals surface area contributed by atoms with E-state index in [1.807, 2.05) is 6.07 Å². The molecule has 0 radical (unpaired) electrons. The van der Waals surface area contributed by atoms with Crippen molar-refractivity contribution in [1.29, 1.82) is 0 Å². The molecule has 5 nitrogen and oxygen atoms in total. The molecule has 0 saturated carbocycles. The smallest absolute Gasteiger partial charge is 0.322 e. The second-order valence-electron chi connectivity index (χ2n) is 6.84. The van der Waals surface area contributed by atoms with E-state index in [1.165, 1.54) is 16.7 Å². The minimum Gasteiger partial charge on any atom is -0.421 e. The molecule has 0 saturated heterocycles. The van der Waals surface area contributed by atoms with Crippen molar-refractivity contribution in [3.8, 4) is 23.0 Å². The number of hydrogen-bond donors (Lipinski definition) is 0. The van der Waals surface area contributed by atoms with E-state index in [0.29, 0.717) is 11.3 Å². The summed E-state index contributed by atoms with van der Waals surface area (Å²) in [6.45, 7) is 3.92. The maximum Gasteiger partial charge on any atom is 0.322 e. The van der Waals surface area contributed by atoms with Gasteiger partial charge >= 0.3 is 6.01 Å². The molecule has 0 aliphatic rings. The van der Waals surface area contributed by atoms with Crippen molar-refractivity contribution >= 4 is 0 Å². The van der Waals surface area contributed by atoms with Crippen molar-refractivity contribution in [2.45, 2.75) is 39.5 Å². The molecular formula is C22H24FN3O2. The number of pyridine rings is 1. The van der Waals surface area contributed by atoms with Crippen molar-refractivity contribution in [1.82, 2.24) is 14.5 Å². The van der Waals surface area contributed by atoms with Crippen LogP contribution in [0.25, 0.3) is 11.3 Å². The van der Waals surface area contributed by atoms with E-state index in [-0.39, 0.29) is 17.3 Å². The molecule has 2 heterocycles. The molecule has 0 aliphatic carbocycles. The third-order valence-corrected chi connectivity index (χ3v) is 4.53. The molecule has 0 atom stereocenters. The van der Waals surface area contributed by atoms with Gasteiger partial charge in [-0.25, -0.2) is 4.39 Å². The molecular weight excluding hydrogens is 357 g/mol. The van der Waals surface area contributed by atoms with Crippen LogP contribution in [0.1, 0.15) is 37.4 Å². The summed E-state index contributed by atoms with van der Waals surface area (Å²) < 4.78 is 21.4. The molecule has 3 aromatic rings. The number of benzene rings is 1. The number of para-hydroxylation sites is 1. The Bertz CT molecular complexity index is 1010. The van der Waals surface area contributed by atoms with Crippen LogP contribution >= 0.6 is 0 Å². The molecule has 2 aromatic heterocycles. The predicted molar refractivity (Wildman–Crippen MR) is 107 cm³/mol. The SMILES string of the molecule is CCCCCc1cc(-c2ccc(=O)n(C)c2)nc(Oc2c(C)cccc2F)n1.